The number of alkyl halides is 4. The van der Waals surface area contributed by atoms with Crippen LogP contribution in [0.4, 0.5) is 28.9 Å². The Hall–Kier alpha value is -3.15. The van der Waals surface area contributed by atoms with Gasteiger partial charge in [0, 0.05) is 49.9 Å². The van der Waals surface area contributed by atoms with E-state index in [-0.39, 0.29) is 30.6 Å². The van der Waals surface area contributed by atoms with Gasteiger partial charge in [0.05, 0.1) is 36.2 Å². The molecule has 3 N–H and O–H groups in total. The van der Waals surface area contributed by atoms with E-state index in [1.54, 1.807) is 37.4 Å². The number of hydrogen-bond acceptors (Lipinski definition) is 7. The van der Waals surface area contributed by atoms with E-state index in [0.29, 0.717) is 28.0 Å². The molecule has 1 fully saturated rings. The molecule has 1 aliphatic heterocycles. The van der Waals surface area contributed by atoms with E-state index >= 15 is 0 Å². The van der Waals surface area contributed by atoms with Crippen molar-refractivity contribution in [1.82, 2.24) is 9.47 Å². The molecular weight excluding hydrogens is 588 g/mol. The van der Waals surface area contributed by atoms with Crippen molar-refractivity contribution in [3.8, 4) is 17.6 Å². The van der Waals surface area contributed by atoms with Crippen molar-refractivity contribution in [2.75, 3.05) is 63.6 Å². The average Bonchev–Trinajstić information content (AvgIpc) is 3.29. The highest BCUT2D eigenvalue weighted by atomic mass is 32.2. The van der Waals surface area contributed by atoms with E-state index in [0.717, 1.165) is 36.2 Å². The summed E-state index contributed by atoms with van der Waals surface area (Å²) < 4.78 is 76.6. The summed E-state index contributed by atoms with van der Waals surface area (Å²) in [5.41, 5.74) is 1.78. The van der Waals surface area contributed by atoms with Crippen LogP contribution in [0.25, 0.3) is 10.9 Å². The molecule has 2 heterocycles. The summed E-state index contributed by atoms with van der Waals surface area (Å²) >= 11 is -1.29. The first-order valence-corrected chi connectivity index (χ1v) is 15.4. The minimum atomic E-state index is -4.45. The summed E-state index contributed by atoms with van der Waals surface area (Å²) in [6.45, 7) is 0.152. The van der Waals surface area contributed by atoms with Crippen LogP contribution in [0, 0.1) is 11.8 Å². The Labute approximate surface area is 251 Å². The Morgan fingerprint density at radius 2 is 1.93 bits per heavy atom. The van der Waals surface area contributed by atoms with E-state index in [1.807, 2.05) is 6.07 Å². The van der Waals surface area contributed by atoms with Crippen LogP contribution in [0.3, 0.4) is 0 Å². The van der Waals surface area contributed by atoms with Crippen LogP contribution >= 0.6 is 0 Å². The molecule has 1 aliphatic rings. The number of fused-ring (bicyclic) bond motifs is 1. The van der Waals surface area contributed by atoms with Crippen LogP contribution < -0.4 is 15.4 Å². The number of piperidine rings is 1. The van der Waals surface area contributed by atoms with E-state index in [4.69, 9.17) is 9.47 Å². The molecule has 4 rings (SSSR count). The van der Waals surface area contributed by atoms with Gasteiger partial charge in [0.15, 0.2) is 10.6 Å². The van der Waals surface area contributed by atoms with Gasteiger partial charge in [-0.3, -0.25) is 0 Å². The Kier molecular flexibility index (Phi) is 11.5. The zero-order chi connectivity index (χ0) is 31.0. The molecule has 3 aromatic rings. The van der Waals surface area contributed by atoms with E-state index in [1.165, 1.54) is 12.3 Å². The van der Waals surface area contributed by atoms with Crippen LogP contribution in [0.5, 0.6) is 5.75 Å². The predicted octanol–water partition coefficient (Wildman–Crippen LogP) is 4.59. The number of methoxy groups -OCH3 is 1. The van der Waals surface area contributed by atoms with Gasteiger partial charge >= 0.3 is 6.18 Å². The molecule has 8 nitrogen and oxygen atoms in total. The van der Waals surface area contributed by atoms with Crippen LogP contribution in [-0.4, -0.2) is 90.5 Å². The lowest BCUT2D eigenvalue weighted by molar-refractivity contribution is -0.140. The average molecular weight is 625 g/mol. The van der Waals surface area contributed by atoms with E-state index < -0.39 is 36.9 Å². The van der Waals surface area contributed by atoms with Crippen LogP contribution in [0.2, 0.25) is 0 Å². The van der Waals surface area contributed by atoms with Crippen LogP contribution in [-0.2, 0) is 22.5 Å². The van der Waals surface area contributed by atoms with Crippen molar-refractivity contribution in [3.63, 3.8) is 0 Å². The summed E-state index contributed by atoms with van der Waals surface area (Å²) in [5.74, 6) is 5.88. The lowest BCUT2D eigenvalue weighted by Gasteiger charge is -2.34. The third-order valence-corrected chi connectivity index (χ3v) is 8.05. The number of likely N-dealkylation sites (tertiary alicyclic amines) is 1. The number of nitrogens with one attached hydrogen (secondary N) is 2. The largest absolute Gasteiger partial charge is 0.612 e. The fourth-order valence-corrected chi connectivity index (χ4v) is 5.70. The molecule has 0 aliphatic carbocycles. The number of aliphatic hydroxyl groups excluding tert-OH is 1. The van der Waals surface area contributed by atoms with Gasteiger partial charge in [0.1, 0.15) is 12.8 Å². The molecule has 2 atom stereocenters. The quantitative estimate of drug-likeness (QED) is 0.154. The molecule has 0 amide bonds. The predicted molar refractivity (Wildman–Crippen MR) is 160 cm³/mol. The lowest BCUT2D eigenvalue weighted by Crippen LogP contribution is -2.43. The van der Waals surface area contributed by atoms with Crippen molar-refractivity contribution < 1.29 is 36.7 Å². The summed E-state index contributed by atoms with van der Waals surface area (Å²) in [6, 6.07) is 11.7. The number of benzene rings is 2. The maximum atomic E-state index is 13.6. The van der Waals surface area contributed by atoms with Crippen LogP contribution in [0.15, 0.2) is 47.4 Å². The number of β-amino-alcohol motifs (C(OH)–C–C–N with tert-alkyl or cyclic N) is 1. The normalized spacial score (nSPS) is 16.0. The highest BCUT2D eigenvalue weighted by Crippen LogP contribution is 2.32. The molecule has 0 bridgehead atoms. The Bertz CT molecular complexity index is 1410. The molecule has 13 heteroatoms. The minimum Gasteiger partial charge on any atom is -0.612 e. The monoisotopic (exact) mass is 624 g/mol. The number of hydrogen-bond donors (Lipinski definition) is 3. The number of nitrogens with zero attached hydrogens (tertiary/aromatic N) is 2. The van der Waals surface area contributed by atoms with Crippen molar-refractivity contribution in [1.29, 1.82) is 0 Å². The Morgan fingerprint density at radius 3 is 2.60 bits per heavy atom. The molecular formula is C30H36F4N4O4S. The van der Waals surface area contributed by atoms with Gasteiger partial charge in [-0.05, 0) is 60.3 Å². The highest BCUT2D eigenvalue weighted by molar-refractivity contribution is 7.90. The fraction of sp³-hybridized carbons (Fsp3) is 0.467. The summed E-state index contributed by atoms with van der Waals surface area (Å²) in [5, 5.41) is 17.2. The summed E-state index contributed by atoms with van der Waals surface area (Å²) in [6.07, 6.45) is -1.87. The van der Waals surface area contributed by atoms with Gasteiger partial charge in [-0.2, -0.15) is 13.2 Å². The highest BCUT2D eigenvalue weighted by Gasteiger charge is 2.30. The zero-order valence-electron chi connectivity index (χ0n) is 24.0. The molecule has 0 radical (unpaired) electrons. The molecule has 0 saturated carbocycles. The second-order valence-corrected chi connectivity index (χ2v) is 11.7. The van der Waals surface area contributed by atoms with Gasteiger partial charge in [-0.15, -0.1) is 0 Å². The molecule has 2 aromatic carbocycles. The second-order valence-electron chi connectivity index (χ2n) is 10.3. The van der Waals surface area contributed by atoms with Crippen LogP contribution in [0.1, 0.15) is 18.5 Å². The Balaban J connectivity index is 1.51. The maximum absolute atomic E-state index is 13.6. The van der Waals surface area contributed by atoms with Gasteiger partial charge in [-0.1, -0.05) is 12.0 Å². The first-order valence-electron chi connectivity index (χ1n) is 13.8. The second kappa shape index (κ2) is 15.0. The standard InChI is InChI=1S/C30H36F4N4O4S/c1-41-18-23(39)17-37-13-10-21(11-14-37)36-26-6-3-7-28-25(26)15-22(38(28)19-30(32,33)34)5-4-12-35-27-9-8-24(43(2)40)16-29(27)42-20-31/h3,6-9,15-16,21,23,35-36,39H,10-14,17-20H2,1-2H3. The molecule has 1 saturated heterocycles. The Morgan fingerprint density at radius 1 is 1.16 bits per heavy atom. The smallest absolute Gasteiger partial charge is 0.406 e. The molecule has 0 spiro atoms. The number of aromatic nitrogens is 1. The lowest BCUT2D eigenvalue weighted by atomic mass is 10.0. The third-order valence-electron chi connectivity index (χ3n) is 7.14. The molecule has 234 valence electrons. The van der Waals surface area contributed by atoms with Gasteiger partial charge in [-0.25, -0.2) is 4.39 Å². The first-order chi connectivity index (χ1) is 20.6. The number of rotatable bonds is 12. The SMILES string of the molecule is COCC(O)CN1CCC(Nc2cccc3c2cc(C#CCNc2ccc([S+](C)[O-])cc2OCF)n3CC(F)(F)F)CC1. The molecule has 1 aromatic heterocycles. The minimum absolute atomic E-state index is 0.0491. The first kappa shape index (κ1) is 32.8. The summed E-state index contributed by atoms with van der Waals surface area (Å²) in [4.78, 5) is 2.64. The van der Waals surface area contributed by atoms with Crippen molar-refractivity contribution in [2.45, 2.75) is 42.6 Å². The number of anilines is 2. The van der Waals surface area contributed by atoms with Crippen molar-refractivity contribution in [3.05, 3.63) is 48.2 Å². The third kappa shape index (κ3) is 9.17. The number of aliphatic hydroxyl groups is 1. The summed E-state index contributed by atoms with van der Waals surface area (Å²) in [7, 11) is 1.55. The van der Waals surface area contributed by atoms with E-state index in [2.05, 4.69) is 27.4 Å². The van der Waals surface area contributed by atoms with E-state index in [9.17, 15) is 27.2 Å². The van der Waals surface area contributed by atoms with Gasteiger partial charge in [0.25, 0.3) is 0 Å². The van der Waals surface area contributed by atoms with Crippen molar-refractivity contribution >= 4 is 33.5 Å². The van der Waals surface area contributed by atoms with Gasteiger partial charge < -0.3 is 39.2 Å². The molecule has 43 heavy (non-hydrogen) atoms. The number of halogens is 4. The zero-order valence-corrected chi connectivity index (χ0v) is 24.9. The topological polar surface area (TPSA) is 94.0 Å². The van der Waals surface area contributed by atoms with Crippen molar-refractivity contribution in [2.24, 2.45) is 0 Å². The maximum Gasteiger partial charge on any atom is 0.406 e. The fourth-order valence-electron chi connectivity index (χ4n) is 5.17. The number of ether oxygens (including phenoxy) is 2. The van der Waals surface area contributed by atoms with Gasteiger partial charge in [0.2, 0.25) is 6.86 Å². The molecule has 2 unspecified atom stereocenters.